The van der Waals surface area contributed by atoms with Gasteiger partial charge in [-0.25, -0.2) is 4.98 Å². The summed E-state index contributed by atoms with van der Waals surface area (Å²) in [5, 5.41) is 5.46. The van der Waals surface area contributed by atoms with Gasteiger partial charge in [0.25, 0.3) is 5.91 Å². The lowest BCUT2D eigenvalue weighted by Crippen LogP contribution is -2.19. The molecule has 142 valence electrons. The average Bonchev–Trinajstić information content (AvgIpc) is 3.11. The van der Waals surface area contributed by atoms with Crippen molar-refractivity contribution >= 4 is 43.4 Å². The summed E-state index contributed by atoms with van der Waals surface area (Å²) in [7, 11) is 3.15. The zero-order chi connectivity index (χ0) is 19.5. The second-order valence-electron chi connectivity index (χ2n) is 6.04. The van der Waals surface area contributed by atoms with Gasteiger partial charge in [-0.2, -0.15) is 0 Å². The predicted molar refractivity (Wildman–Crippen MR) is 111 cm³/mol. The van der Waals surface area contributed by atoms with Gasteiger partial charge in [0.05, 0.1) is 24.4 Å². The molecule has 0 unspecified atom stereocenters. The van der Waals surface area contributed by atoms with E-state index in [4.69, 9.17) is 14.2 Å². The van der Waals surface area contributed by atoms with Crippen molar-refractivity contribution in [3.63, 3.8) is 0 Å². The van der Waals surface area contributed by atoms with Gasteiger partial charge in [0, 0.05) is 12.1 Å². The fourth-order valence-electron chi connectivity index (χ4n) is 2.87. The molecule has 0 fully saturated rings. The van der Waals surface area contributed by atoms with Gasteiger partial charge in [-0.3, -0.25) is 10.1 Å². The summed E-state index contributed by atoms with van der Waals surface area (Å²) in [4.78, 5) is 16.7. The average molecular weight is 394 g/mol. The van der Waals surface area contributed by atoms with Crippen molar-refractivity contribution in [2.45, 2.75) is 0 Å². The highest BCUT2D eigenvalue weighted by Gasteiger charge is 2.12. The number of hydrogen-bond acceptors (Lipinski definition) is 6. The van der Waals surface area contributed by atoms with Crippen LogP contribution in [-0.4, -0.2) is 31.7 Å². The summed E-state index contributed by atoms with van der Waals surface area (Å²) in [5.41, 5.74) is 0.730. The highest BCUT2D eigenvalue weighted by Crippen LogP contribution is 2.36. The van der Waals surface area contributed by atoms with Crippen molar-refractivity contribution in [2.75, 3.05) is 26.1 Å². The molecule has 3 aromatic carbocycles. The van der Waals surface area contributed by atoms with E-state index in [0.29, 0.717) is 22.4 Å². The molecule has 4 rings (SSSR count). The Hall–Kier alpha value is -3.32. The highest BCUT2D eigenvalue weighted by atomic mass is 32.1. The number of amides is 1. The molecule has 0 atom stereocenters. The Kier molecular flexibility index (Phi) is 4.99. The van der Waals surface area contributed by atoms with E-state index < -0.39 is 0 Å². The number of hydrogen-bond donors (Lipinski definition) is 1. The van der Waals surface area contributed by atoms with Crippen molar-refractivity contribution in [1.82, 2.24) is 4.98 Å². The first kappa shape index (κ1) is 18.1. The molecule has 1 amide bonds. The maximum Gasteiger partial charge on any atom is 0.264 e. The van der Waals surface area contributed by atoms with Crippen LogP contribution in [0.1, 0.15) is 0 Å². The van der Waals surface area contributed by atoms with Crippen LogP contribution in [0.2, 0.25) is 0 Å². The van der Waals surface area contributed by atoms with E-state index in [9.17, 15) is 4.79 Å². The number of aromatic nitrogens is 1. The minimum atomic E-state index is -0.272. The van der Waals surface area contributed by atoms with Crippen LogP contribution in [0.3, 0.4) is 0 Å². The van der Waals surface area contributed by atoms with Crippen molar-refractivity contribution < 1.29 is 19.0 Å². The molecule has 0 radical (unpaired) electrons. The van der Waals surface area contributed by atoms with E-state index in [2.05, 4.69) is 10.3 Å². The second-order valence-corrected chi connectivity index (χ2v) is 7.07. The first-order valence-corrected chi connectivity index (χ1v) is 9.42. The maximum absolute atomic E-state index is 12.3. The number of ether oxygens (including phenoxy) is 3. The monoisotopic (exact) mass is 394 g/mol. The number of carbonyl (C=O) groups excluding carboxylic acids is 1. The Labute approximate surface area is 165 Å². The molecule has 0 aliphatic carbocycles. The summed E-state index contributed by atoms with van der Waals surface area (Å²) >= 11 is 1.36. The maximum atomic E-state index is 12.3. The number of carbonyl (C=O) groups is 1. The molecular weight excluding hydrogens is 376 g/mol. The third-order valence-corrected chi connectivity index (χ3v) is 5.16. The third kappa shape index (κ3) is 3.70. The molecule has 1 N–H and O–H groups in total. The van der Waals surface area contributed by atoms with E-state index in [1.54, 1.807) is 20.3 Å². The molecule has 0 saturated carbocycles. The minimum Gasteiger partial charge on any atom is -0.493 e. The molecule has 28 heavy (non-hydrogen) atoms. The number of thiazole rings is 1. The lowest BCUT2D eigenvalue weighted by Gasteiger charge is -2.07. The van der Waals surface area contributed by atoms with Crippen LogP contribution in [0.25, 0.3) is 21.0 Å². The van der Waals surface area contributed by atoms with E-state index in [-0.39, 0.29) is 12.5 Å². The fraction of sp³-hybridized carbons (Fsp3) is 0.143. The van der Waals surface area contributed by atoms with Crippen molar-refractivity contribution in [2.24, 2.45) is 0 Å². The van der Waals surface area contributed by atoms with Gasteiger partial charge in [-0.1, -0.05) is 41.7 Å². The van der Waals surface area contributed by atoms with E-state index in [1.165, 1.54) is 11.3 Å². The Balaban J connectivity index is 1.44. The number of fused-ring (bicyclic) bond motifs is 2. The largest absolute Gasteiger partial charge is 0.493 e. The standard InChI is InChI=1S/C21H18N2O4S/c1-25-17-10-16-19(11-18(17)26-2)28-21(22-16)23-20(24)12-27-15-8-7-13-5-3-4-6-14(13)9-15/h3-11H,12H2,1-2H3,(H,22,23,24). The number of rotatable bonds is 6. The SMILES string of the molecule is COc1cc2nc(NC(=O)COc3ccc4ccccc4c3)sc2cc1OC. The van der Waals surface area contributed by atoms with Crippen molar-refractivity contribution in [3.05, 3.63) is 54.6 Å². The van der Waals surface area contributed by atoms with Gasteiger partial charge in [-0.15, -0.1) is 0 Å². The van der Waals surface area contributed by atoms with Crippen molar-refractivity contribution in [1.29, 1.82) is 0 Å². The van der Waals surface area contributed by atoms with E-state index in [1.807, 2.05) is 48.5 Å². The van der Waals surface area contributed by atoms with Crippen LogP contribution in [0.15, 0.2) is 54.6 Å². The van der Waals surface area contributed by atoms with Crippen LogP contribution in [-0.2, 0) is 4.79 Å². The molecule has 0 aliphatic rings. The number of methoxy groups -OCH3 is 2. The molecule has 7 heteroatoms. The highest BCUT2D eigenvalue weighted by molar-refractivity contribution is 7.22. The molecule has 6 nitrogen and oxygen atoms in total. The van der Waals surface area contributed by atoms with Crippen LogP contribution in [0.5, 0.6) is 17.2 Å². The summed E-state index contributed by atoms with van der Waals surface area (Å²) in [6.45, 7) is -0.0963. The Bertz CT molecular complexity index is 1110. The van der Waals surface area contributed by atoms with Gasteiger partial charge in [0.2, 0.25) is 0 Å². The van der Waals surface area contributed by atoms with Crippen LogP contribution < -0.4 is 19.5 Å². The van der Waals surface area contributed by atoms with Crippen LogP contribution >= 0.6 is 11.3 Å². The summed E-state index contributed by atoms with van der Waals surface area (Å²) in [5.74, 6) is 1.59. The smallest absolute Gasteiger partial charge is 0.264 e. The van der Waals surface area contributed by atoms with Crippen LogP contribution in [0, 0.1) is 0 Å². The van der Waals surface area contributed by atoms with Gasteiger partial charge in [0.1, 0.15) is 5.75 Å². The molecule has 1 aromatic heterocycles. The Morgan fingerprint density at radius 1 is 1.00 bits per heavy atom. The van der Waals surface area contributed by atoms with Gasteiger partial charge >= 0.3 is 0 Å². The molecule has 0 aliphatic heterocycles. The number of benzene rings is 3. The first-order valence-electron chi connectivity index (χ1n) is 8.60. The minimum absolute atomic E-state index is 0.0963. The Morgan fingerprint density at radius 3 is 2.54 bits per heavy atom. The molecule has 4 aromatic rings. The lowest BCUT2D eigenvalue weighted by atomic mass is 10.1. The van der Waals surface area contributed by atoms with Gasteiger partial charge in [-0.05, 0) is 22.9 Å². The number of nitrogens with one attached hydrogen (secondary N) is 1. The van der Waals surface area contributed by atoms with Crippen LogP contribution in [0.4, 0.5) is 5.13 Å². The summed E-state index contributed by atoms with van der Waals surface area (Å²) in [6, 6.07) is 17.4. The normalized spacial score (nSPS) is 10.8. The molecular formula is C21H18N2O4S. The molecule has 0 saturated heterocycles. The van der Waals surface area contributed by atoms with Gasteiger partial charge in [0.15, 0.2) is 23.2 Å². The number of anilines is 1. The quantitative estimate of drug-likeness (QED) is 0.522. The van der Waals surface area contributed by atoms with E-state index in [0.717, 1.165) is 21.0 Å². The summed E-state index contributed by atoms with van der Waals surface area (Å²) < 4.78 is 17.1. The van der Waals surface area contributed by atoms with Gasteiger partial charge < -0.3 is 14.2 Å². The zero-order valence-corrected chi connectivity index (χ0v) is 16.2. The molecule has 0 bridgehead atoms. The van der Waals surface area contributed by atoms with E-state index >= 15 is 0 Å². The molecule has 1 heterocycles. The first-order chi connectivity index (χ1) is 13.7. The number of nitrogens with zero attached hydrogens (tertiary/aromatic N) is 1. The second kappa shape index (κ2) is 7.74. The summed E-state index contributed by atoms with van der Waals surface area (Å²) in [6.07, 6.45) is 0. The van der Waals surface area contributed by atoms with Crippen molar-refractivity contribution in [3.8, 4) is 17.2 Å². The third-order valence-electron chi connectivity index (χ3n) is 4.23. The predicted octanol–water partition coefficient (Wildman–Crippen LogP) is 4.48. The molecule has 0 spiro atoms. The lowest BCUT2D eigenvalue weighted by molar-refractivity contribution is -0.118. The zero-order valence-electron chi connectivity index (χ0n) is 15.4. The topological polar surface area (TPSA) is 69.7 Å². The Morgan fingerprint density at radius 2 is 1.75 bits per heavy atom. The fourth-order valence-corrected chi connectivity index (χ4v) is 3.76.